The van der Waals surface area contributed by atoms with Gasteiger partial charge in [0.15, 0.2) is 5.78 Å². The van der Waals surface area contributed by atoms with E-state index in [4.69, 9.17) is 0 Å². The molecule has 0 saturated carbocycles. The van der Waals surface area contributed by atoms with Gasteiger partial charge in [-0.1, -0.05) is 13.8 Å². The third-order valence-electron chi connectivity index (χ3n) is 3.75. The van der Waals surface area contributed by atoms with E-state index >= 15 is 0 Å². The molecule has 1 heterocycles. The lowest BCUT2D eigenvalue weighted by molar-refractivity contribution is 0.0911. The Balaban J connectivity index is 2.18. The molecule has 0 amide bonds. The molecule has 1 aliphatic carbocycles. The fourth-order valence-corrected chi connectivity index (χ4v) is 2.84. The predicted molar refractivity (Wildman–Crippen MR) is 72.1 cm³/mol. The fourth-order valence-electron chi connectivity index (χ4n) is 2.84. The van der Waals surface area contributed by atoms with Gasteiger partial charge in [0.05, 0.1) is 5.69 Å². The number of rotatable bonds is 1. The molecule has 20 heavy (non-hydrogen) atoms. The molecule has 0 saturated heterocycles. The first-order valence-electron chi connectivity index (χ1n) is 6.56. The number of halogens is 2. The third-order valence-corrected chi connectivity index (χ3v) is 3.75. The molecule has 0 unspecified atom stereocenters. The molecule has 2 aromatic rings. The molecule has 3 rings (SSSR count). The zero-order chi connectivity index (χ0) is 14.5. The van der Waals surface area contributed by atoms with Gasteiger partial charge < -0.3 is 4.57 Å². The number of ketones is 1. The minimum absolute atomic E-state index is 0.0619. The van der Waals surface area contributed by atoms with Crippen LogP contribution in [-0.2, 0) is 6.42 Å². The van der Waals surface area contributed by atoms with Gasteiger partial charge in [-0.25, -0.2) is 8.78 Å². The lowest BCUT2D eigenvalue weighted by Gasteiger charge is -2.29. The summed E-state index contributed by atoms with van der Waals surface area (Å²) in [5, 5.41) is 0. The van der Waals surface area contributed by atoms with E-state index in [-0.39, 0.29) is 16.9 Å². The van der Waals surface area contributed by atoms with Crippen LogP contribution in [0.3, 0.4) is 0 Å². The lowest BCUT2D eigenvalue weighted by atomic mass is 9.76. The van der Waals surface area contributed by atoms with Gasteiger partial charge >= 0.3 is 0 Å². The van der Waals surface area contributed by atoms with E-state index in [9.17, 15) is 13.6 Å². The summed E-state index contributed by atoms with van der Waals surface area (Å²) in [4.78, 5) is 12.1. The maximum absolute atomic E-state index is 13.9. The summed E-state index contributed by atoms with van der Waals surface area (Å²) in [6, 6.07) is 5.04. The average Bonchev–Trinajstić information content (AvgIpc) is 2.74. The van der Waals surface area contributed by atoms with Gasteiger partial charge in [-0.05, 0) is 30.0 Å². The minimum atomic E-state index is -0.499. The third kappa shape index (κ3) is 2.05. The topological polar surface area (TPSA) is 22.0 Å². The standard InChI is InChI=1S/C16H15F2NO/c1-16(2)8-14-11(15(20)9-16)5-6-19(14)13-7-10(17)3-4-12(13)18/h3-7H,8-9H2,1-2H3. The molecule has 0 atom stereocenters. The van der Waals surface area contributed by atoms with Gasteiger partial charge in [0.25, 0.3) is 0 Å². The molecule has 104 valence electrons. The summed E-state index contributed by atoms with van der Waals surface area (Å²) in [6.45, 7) is 4.01. The molecule has 0 spiro atoms. The van der Waals surface area contributed by atoms with E-state index in [1.54, 1.807) is 16.8 Å². The normalized spacial score (nSPS) is 17.1. The van der Waals surface area contributed by atoms with Gasteiger partial charge in [0.1, 0.15) is 11.6 Å². The van der Waals surface area contributed by atoms with Crippen LogP contribution in [0.4, 0.5) is 8.78 Å². The number of aromatic nitrogens is 1. The lowest BCUT2D eigenvalue weighted by Crippen LogP contribution is -2.27. The Morgan fingerprint density at radius 2 is 1.90 bits per heavy atom. The highest BCUT2D eigenvalue weighted by Crippen LogP contribution is 2.36. The summed E-state index contributed by atoms with van der Waals surface area (Å²) >= 11 is 0. The summed E-state index contributed by atoms with van der Waals surface area (Å²) in [6.07, 6.45) is 2.79. The molecule has 0 N–H and O–H groups in total. The van der Waals surface area contributed by atoms with Crippen LogP contribution >= 0.6 is 0 Å². The number of carbonyl (C=O) groups is 1. The van der Waals surface area contributed by atoms with Crippen molar-refractivity contribution in [2.75, 3.05) is 0 Å². The van der Waals surface area contributed by atoms with Crippen LogP contribution in [0.15, 0.2) is 30.5 Å². The van der Waals surface area contributed by atoms with Crippen LogP contribution in [-0.4, -0.2) is 10.4 Å². The van der Waals surface area contributed by atoms with Crippen molar-refractivity contribution in [2.24, 2.45) is 5.41 Å². The van der Waals surface area contributed by atoms with Crippen molar-refractivity contribution >= 4 is 5.78 Å². The minimum Gasteiger partial charge on any atom is -0.317 e. The molecule has 1 aromatic carbocycles. The van der Waals surface area contributed by atoms with Crippen molar-refractivity contribution in [3.05, 3.63) is 53.4 Å². The monoisotopic (exact) mass is 275 g/mol. The largest absolute Gasteiger partial charge is 0.317 e. The molecule has 0 fully saturated rings. The second-order valence-corrected chi connectivity index (χ2v) is 6.08. The maximum atomic E-state index is 13.9. The van der Waals surface area contributed by atoms with Crippen molar-refractivity contribution in [3.8, 4) is 5.69 Å². The zero-order valence-corrected chi connectivity index (χ0v) is 11.4. The Bertz CT molecular complexity index is 700. The quantitative estimate of drug-likeness (QED) is 0.773. The van der Waals surface area contributed by atoms with Crippen molar-refractivity contribution in [2.45, 2.75) is 26.7 Å². The van der Waals surface area contributed by atoms with E-state index in [2.05, 4.69) is 0 Å². The summed E-state index contributed by atoms with van der Waals surface area (Å²) in [5.41, 5.74) is 1.37. The van der Waals surface area contributed by atoms with E-state index in [1.807, 2.05) is 13.8 Å². The van der Waals surface area contributed by atoms with E-state index < -0.39 is 11.6 Å². The molecule has 0 radical (unpaired) electrons. The number of benzene rings is 1. The number of hydrogen-bond acceptors (Lipinski definition) is 1. The predicted octanol–water partition coefficient (Wildman–Crippen LogP) is 3.91. The van der Waals surface area contributed by atoms with Crippen molar-refractivity contribution in [3.63, 3.8) is 0 Å². The van der Waals surface area contributed by atoms with Gasteiger partial charge in [-0.3, -0.25) is 4.79 Å². The number of fused-ring (bicyclic) bond motifs is 1. The zero-order valence-electron chi connectivity index (χ0n) is 11.4. The van der Waals surface area contributed by atoms with Crippen LogP contribution in [0, 0.1) is 17.0 Å². The molecular weight excluding hydrogens is 260 g/mol. The van der Waals surface area contributed by atoms with Crippen LogP contribution < -0.4 is 0 Å². The van der Waals surface area contributed by atoms with Crippen molar-refractivity contribution in [1.82, 2.24) is 4.57 Å². The number of Topliss-reactive ketones (excluding diaryl/α,β-unsaturated/α-hetero) is 1. The molecule has 0 bridgehead atoms. The second kappa shape index (κ2) is 4.27. The van der Waals surface area contributed by atoms with Crippen LogP contribution in [0.25, 0.3) is 5.69 Å². The van der Waals surface area contributed by atoms with Crippen molar-refractivity contribution < 1.29 is 13.6 Å². The van der Waals surface area contributed by atoms with Crippen LogP contribution in [0.2, 0.25) is 0 Å². The first-order valence-corrected chi connectivity index (χ1v) is 6.56. The first kappa shape index (κ1) is 13.0. The van der Waals surface area contributed by atoms with Gasteiger partial charge in [-0.2, -0.15) is 0 Å². The van der Waals surface area contributed by atoms with E-state index in [0.29, 0.717) is 18.4 Å². The second-order valence-electron chi connectivity index (χ2n) is 6.08. The summed E-state index contributed by atoms with van der Waals surface area (Å²) in [7, 11) is 0. The average molecular weight is 275 g/mol. The van der Waals surface area contributed by atoms with Gasteiger partial charge in [0.2, 0.25) is 0 Å². The van der Waals surface area contributed by atoms with Gasteiger partial charge in [-0.15, -0.1) is 0 Å². The summed E-state index contributed by atoms with van der Waals surface area (Å²) in [5.74, 6) is -0.933. The Labute approximate surface area is 116 Å². The maximum Gasteiger partial charge on any atom is 0.165 e. The molecule has 1 aliphatic rings. The SMILES string of the molecule is CC1(C)CC(=O)c2ccn(-c3cc(F)ccc3F)c2C1. The highest BCUT2D eigenvalue weighted by molar-refractivity contribution is 5.99. The van der Waals surface area contributed by atoms with Crippen LogP contribution in [0.1, 0.15) is 36.3 Å². The van der Waals surface area contributed by atoms with E-state index in [0.717, 1.165) is 23.9 Å². The number of nitrogens with zero attached hydrogens (tertiary/aromatic N) is 1. The van der Waals surface area contributed by atoms with Crippen molar-refractivity contribution in [1.29, 1.82) is 0 Å². The molecule has 1 aromatic heterocycles. The van der Waals surface area contributed by atoms with Gasteiger partial charge in [0, 0.05) is 29.9 Å². The van der Waals surface area contributed by atoms with Crippen LogP contribution in [0.5, 0.6) is 0 Å². The number of hydrogen-bond donors (Lipinski definition) is 0. The molecule has 4 heteroatoms. The Hall–Kier alpha value is -1.97. The Morgan fingerprint density at radius 3 is 2.65 bits per heavy atom. The molecular formula is C16H15F2NO. The highest BCUT2D eigenvalue weighted by Gasteiger charge is 2.33. The smallest absolute Gasteiger partial charge is 0.165 e. The summed E-state index contributed by atoms with van der Waals surface area (Å²) < 4.78 is 28.9. The Kier molecular flexibility index (Phi) is 2.78. The first-order chi connectivity index (χ1) is 9.37. The highest BCUT2D eigenvalue weighted by atomic mass is 19.1. The number of carbonyl (C=O) groups excluding carboxylic acids is 1. The Morgan fingerprint density at radius 1 is 1.15 bits per heavy atom. The fraction of sp³-hybridized carbons (Fsp3) is 0.312. The molecule has 2 nitrogen and oxygen atoms in total. The molecule has 0 aliphatic heterocycles. The van der Waals surface area contributed by atoms with E-state index in [1.165, 1.54) is 0 Å².